The number of carbonyl (C=O) groups excluding carboxylic acids is 1. The first-order valence-electron chi connectivity index (χ1n) is 12.4. The Labute approximate surface area is 211 Å². The summed E-state index contributed by atoms with van der Waals surface area (Å²) in [6, 6.07) is 29.2. The van der Waals surface area contributed by atoms with Crippen molar-refractivity contribution >= 4 is 37.3 Å². The zero-order valence-corrected chi connectivity index (χ0v) is 23.6. The third-order valence-electron chi connectivity index (χ3n) is 6.88. The molecule has 0 unspecified atom stereocenters. The molecule has 6 heteroatoms. The van der Waals surface area contributed by atoms with Gasteiger partial charge in [0.2, 0.25) is 7.83 Å². The van der Waals surface area contributed by atoms with Crippen molar-refractivity contribution in [2.45, 2.75) is 39.1 Å². The van der Waals surface area contributed by atoms with Crippen LogP contribution in [0.2, 0.25) is 19.6 Å². The highest BCUT2D eigenvalue weighted by Gasteiger charge is 2.54. The van der Waals surface area contributed by atoms with E-state index in [2.05, 4.69) is 73.1 Å². The van der Waals surface area contributed by atoms with Crippen LogP contribution in [-0.4, -0.2) is 53.1 Å². The number of Topliss-reactive ketones (excluding diaryl/α,β-unsaturated/α-hetero) is 1. The minimum absolute atomic E-state index is 0.0213. The summed E-state index contributed by atoms with van der Waals surface area (Å²) in [5.41, 5.74) is 0.841. The summed E-state index contributed by atoms with van der Waals surface area (Å²) in [4.78, 5) is 16.2. The van der Waals surface area contributed by atoms with Crippen LogP contribution in [0.4, 0.5) is 5.69 Å². The smallest absolute Gasteiger partial charge is 0.241 e. The Morgan fingerprint density at radius 2 is 1.29 bits per heavy atom. The summed E-state index contributed by atoms with van der Waals surface area (Å²) < 4.78 is 12.7. The van der Waals surface area contributed by atoms with Gasteiger partial charge in [-0.3, -0.25) is 4.79 Å². The Balaban J connectivity index is 1.71. The fraction of sp³-hybridized carbons (Fsp3) is 0.345. The van der Waals surface area contributed by atoms with Gasteiger partial charge in [0.25, 0.3) is 0 Å². The molecule has 0 atom stereocenters. The van der Waals surface area contributed by atoms with Crippen molar-refractivity contribution in [3.8, 4) is 0 Å². The quantitative estimate of drug-likeness (QED) is 0.331. The Bertz CT molecular complexity index is 1080. The third-order valence-corrected chi connectivity index (χ3v) is 20.5. The fourth-order valence-corrected chi connectivity index (χ4v) is 17.7. The molecule has 1 heterocycles. The van der Waals surface area contributed by atoms with Gasteiger partial charge in [0, 0.05) is 24.3 Å². The SMILES string of the molecule is CC(C)(O[Si](c1ccccc1)(c1ccccc1)[Si](C)(C)C)C(=O)c1ccc(N2CCOCC2)cc1. The average Bonchev–Trinajstić information content (AvgIpc) is 2.88. The van der Waals surface area contributed by atoms with E-state index >= 15 is 0 Å². The number of ether oxygens (including phenoxy) is 1. The average molecular weight is 504 g/mol. The van der Waals surface area contributed by atoms with E-state index < -0.39 is 21.0 Å². The Kier molecular flexibility index (Phi) is 7.47. The molecular weight excluding hydrogens is 466 g/mol. The van der Waals surface area contributed by atoms with Crippen LogP contribution >= 0.6 is 0 Å². The second-order valence-corrected chi connectivity index (χ2v) is 24.6. The lowest BCUT2D eigenvalue weighted by atomic mass is 9.97. The first kappa shape index (κ1) is 25.6. The van der Waals surface area contributed by atoms with Crippen molar-refractivity contribution in [1.82, 2.24) is 0 Å². The normalized spacial score (nSPS) is 15.2. The van der Waals surface area contributed by atoms with Crippen LogP contribution in [0.5, 0.6) is 0 Å². The molecule has 0 aromatic heterocycles. The van der Waals surface area contributed by atoms with Gasteiger partial charge in [-0.2, -0.15) is 0 Å². The summed E-state index contributed by atoms with van der Waals surface area (Å²) >= 11 is 0. The zero-order valence-electron chi connectivity index (χ0n) is 21.6. The van der Waals surface area contributed by atoms with Crippen LogP contribution in [0.1, 0.15) is 24.2 Å². The van der Waals surface area contributed by atoms with E-state index in [0.29, 0.717) is 5.56 Å². The summed E-state index contributed by atoms with van der Waals surface area (Å²) in [7, 11) is -4.68. The molecule has 0 N–H and O–H groups in total. The molecule has 35 heavy (non-hydrogen) atoms. The highest BCUT2D eigenvalue weighted by Crippen LogP contribution is 2.29. The van der Waals surface area contributed by atoms with Gasteiger partial charge in [0.1, 0.15) is 5.60 Å². The molecule has 1 aliphatic heterocycles. The molecule has 1 fully saturated rings. The Hall–Kier alpha value is -2.52. The Morgan fingerprint density at radius 3 is 1.74 bits per heavy atom. The van der Waals surface area contributed by atoms with Crippen LogP contribution in [0.25, 0.3) is 0 Å². The standard InChI is InChI=1S/C29H37NO3Si2/c1-29(2,28(31)24-16-18-25(19-17-24)30-20-22-32-23-21-30)33-35(34(3,4)5,26-12-8-6-9-13-26)27-14-10-7-11-15-27/h6-19H,20-23H2,1-5H3. The summed E-state index contributed by atoms with van der Waals surface area (Å²) in [6.07, 6.45) is 0. The topological polar surface area (TPSA) is 38.8 Å². The number of carbonyl (C=O) groups is 1. The summed E-state index contributed by atoms with van der Waals surface area (Å²) in [6.45, 7) is 14.2. The lowest BCUT2D eigenvalue weighted by Crippen LogP contribution is -2.77. The number of nitrogens with zero attached hydrogens (tertiary/aromatic N) is 1. The Morgan fingerprint density at radius 1 is 0.800 bits per heavy atom. The lowest BCUT2D eigenvalue weighted by molar-refractivity contribution is 0.0580. The van der Waals surface area contributed by atoms with Gasteiger partial charge in [-0.05, 0) is 48.5 Å². The lowest BCUT2D eigenvalue weighted by Gasteiger charge is -2.46. The second-order valence-electron chi connectivity index (χ2n) is 10.8. The molecule has 3 aromatic carbocycles. The predicted octanol–water partition coefficient (Wildman–Crippen LogP) is 4.68. The van der Waals surface area contributed by atoms with Gasteiger partial charge < -0.3 is 14.1 Å². The second kappa shape index (κ2) is 10.2. The van der Waals surface area contributed by atoms with Crippen LogP contribution in [0, 0.1) is 0 Å². The van der Waals surface area contributed by atoms with Gasteiger partial charge in [-0.1, -0.05) is 80.3 Å². The third kappa shape index (κ3) is 5.21. The fourth-order valence-electron chi connectivity index (χ4n) is 5.07. The molecule has 0 bridgehead atoms. The number of hydrogen-bond donors (Lipinski definition) is 0. The minimum atomic E-state index is -2.72. The molecule has 0 amide bonds. The molecule has 4 rings (SSSR count). The van der Waals surface area contributed by atoms with Crippen LogP contribution < -0.4 is 15.3 Å². The first-order valence-corrected chi connectivity index (χ1v) is 18.8. The largest absolute Gasteiger partial charge is 0.398 e. The van der Waals surface area contributed by atoms with Crippen LogP contribution in [0.15, 0.2) is 84.9 Å². The van der Waals surface area contributed by atoms with Crippen molar-refractivity contribution in [3.05, 3.63) is 90.5 Å². The highest BCUT2D eigenvalue weighted by molar-refractivity contribution is 7.48. The molecule has 0 radical (unpaired) electrons. The first-order chi connectivity index (χ1) is 16.6. The van der Waals surface area contributed by atoms with Crippen molar-refractivity contribution in [3.63, 3.8) is 0 Å². The maximum atomic E-state index is 13.9. The van der Waals surface area contributed by atoms with Crippen molar-refractivity contribution < 1.29 is 14.0 Å². The van der Waals surface area contributed by atoms with E-state index in [0.717, 1.165) is 32.0 Å². The van der Waals surface area contributed by atoms with Gasteiger partial charge in [0.05, 0.1) is 20.8 Å². The number of rotatable bonds is 8. The number of benzene rings is 3. The van der Waals surface area contributed by atoms with E-state index in [4.69, 9.17) is 9.16 Å². The number of anilines is 1. The van der Waals surface area contributed by atoms with Gasteiger partial charge >= 0.3 is 0 Å². The van der Waals surface area contributed by atoms with Crippen molar-refractivity contribution in [2.75, 3.05) is 31.2 Å². The number of morpholine rings is 1. The van der Waals surface area contributed by atoms with Gasteiger partial charge in [0.15, 0.2) is 5.78 Å². The molecular formula is C29H37NO3Si2. The molecule has 0 spiro atoms. The van der Waals surface area contributed by atoms with Crippen molar-refractivity contribution in [2.24, 2.45) is 0 Å². The van der Waals surface area contributed by atoms with E-state index in [1.54, 1.807) is 0 Å². The highest BCUT2D eigenvalue weighted by atomic mass is 29.3. The molecule has 0 aliphatic carbocycles. The zero-order chi connectivity index (χ0) is 25.1. The molecule has 4 nitrogen and oxygen atoms in total. The molecule has 3 aromatic rings. The van der Waals surface area contributed by atoms with Crippen LogP contribution in [0.3, 0.4) is 0 Å². The molecule has 184 valence electrons. The van der Waals surface area contributed by atoms with Crippen LogP contribution in [-0.2, 0) is 9.16 Å². The summed E-state index contributed by atoms with van der Waals surface area (Å²) in [5.74, 6) is 0.0213. The summed E-state index contributed by atoms with van der Waals surface area (Å²) in [5, 5.41) is 2.46. The predicted molar refractivity (Wildman–Crippen MR) is 150 cm³/mol. The number of ketones is 1. The van der Waals surface area contributed by atoms with E-state index in [9.17, 15) is 4.79 Å². The van der Waals surface area contributed by atoms with Gasteiger partial charge in [-0.25, -0.2) is 0 Å². The van der Waals surface area contributed by atoms with E-state index in [-0.39, 0.29) is 5.78 Å². The van der Waals surface area contributed by atoms with Crippen molar-refractivity contribution in [1.29, 1.82) is 0 Å². The van der Waals surface area contributed by atoms with E-state index in [1.165, 1.54) is 10.4 Å². The minimum Gasteiger partial charge on any atom is -0.398 e. The van der Waals surface area contributed by atoms with Gasteiger partial charge in [-0.15, -0.1) is 0 Å². The number of hydrogen-bond acceptors (Lipinski definition) is 4. The maximum Gasteiger partial charge on any atom is 0.241 e. The monoisotopic (exact) mass is 503 g/mol. The molecule has 1 saturated heterocycles. The van der Waals surface area contributed by atoms with E-state index in [1.807, 2.05) is 50.2 Å². The molecule has 0 saturated carbocycles. The molecule has 1 aliphatic rings. The maximum absolute atomic E-state index is 13.9.